The van der Waals surface area contributed by atoms with Crippen LogP contribution in [0.25, 0.3) is 5.69 Å². The van der Waals surface area contributed by atoms with E-state index in [4.69, 9.17) is 0 Å². The van der Waals surface area contributed by atoms with Crippen molar-refractivity contribution in [2.75, 3.05) is 5.32 Å². The van der Waals surface area contributed by atoms with Gasteiger partial charge in [-0.3, -0.25) is 9.78 Å². The molecule has 2 aromatic heterocycles. The summed E-state index contributed by atoms with van der Waals surface area (Å²) in [5, 5.41) is 7.10. The van der Waals surface area contributed by atoms with Crippen LogP contribution < -0.4 is 5.32 Å². The summed E-state index contributed by atoms with van der Waals surface area (Å²) in [4.78, 5) is 16.0. The molecule has 1 amide bonds. The average Bonchev–Trinajstić information content (AvgIpc) is 3.04. The predicted octanol–water partition coefficient (Wildman–Crippen LogP) is 3.60. The van der Waals surface area contributed by atoms with Gasteiger partial charge in [-0.2, -0.15) is 5.10 Å². The molecule has 1 aromatic carbocycles. The van der Waals surface area contributed by atoms with Crippen LogP contribution in [0.1, 0.15) is 12.0 Å². The Morgan fingerprint density at radius 3 is 2.61 bits per heavy atom. The lowest BCUT2D eigenvalue weighted by atomic mass is 10.1. The molecular formula is C17H15BrN4O. The number of hydrogen-bond donors (Lipinski definition) is 1. The van der Waals surface area contributed by atoms with Crippen molar-refractivity contribution in [2.45, 2.75) is 12.8 Å². The summed E-state index contributed by atoms with van der Waals surface area (Å²) < 4.78 is 2.74. The fraction of sp³-hybridized carbons (Fsp3) is 0.118. The van der Waals surface area contributed by atoms with Crippen molar-refractivity contribution in [2.24, 2.45) is 0 Å². The van der Waals surface area contributed by atoms with Crippen LogP contribution in [-0.2, 0) is 11.2 Å². The molecule has 23 heavy (non-hydrogen) atoms. The van der Waals surface area contributed by atoms with Gasteiger partial charge in [0.15, 0.2) is 0 Å². The second kappa shape index (κ2) is 7.19. The van der Waals surface area contributed by atoms with E-state index in [1.165, 1.54) is 0 Å². The summed E-state index contributed by atoms with van der Waals surface area (Å²) in [6, 6.07) is 11.7. The van der Waals surface area contributed by atoms with Gasteiger partial charge in [-0.15, -0.1) is 0 Å². The SMILES string of the molecule is O=C(CCc1ccc(Br)cc1)Nc1cnn(-c2ccncc2)c1. The number of anilines is 1. The number of carbonyl (C=O) groups is 1. The molecule has 0 atom stereocenters. The molecule has 0 saturated carbocycles. The summed E-state index contributed by atoms with van der Waals surface area (Å²) in [5.74, 6) is -0.0257. The topological polar surface area (TPSA) is 59.8 Å². The Kier molecular flexibility index (Phi) is 4.83. The number of amides is 1. The van der Waals surface area contributed by atoms with E-state index in [2.05, 4.69) is 31.3 Å². The molecule has 0 aliphatic rings. The molecule has 5 nitrogen and oxygen atoms in total. The van der Waals surface area contributed by atoms with Crippen LogP contribution in [0.2, 0.25) is 0 Å². The molecule has 3 rings (SSSR count). The summed E-state index contributed by atoms with van der Waals surface area (Å²) in [5.41, 5.74) is 2.72. The van der Waals surface area contributed by atoms with Crippen LogP contribution in [0.5, 0.6) is 0 Å². The average molecular weight is 371 g/mol. The molecule has 0 saturated heterocycles. The van der Waals surface area contributed by atoms with Gasteiger partial charge in [0.25, 0.3) is 0 Å². The van der Waals surface area contributed by atoms with Gasteiger partial charge in [0.2, 0.25) is 5.91 Å². The lowest BCUT2D eigenvalue weighted by molar-refractivity contribution is -0.116. The first-order valence-electron chi connectivity index (χ1n) is 7.20. The van der Waals surface area contributed by atoms with E-state index in [0.717, 1.165) is 15.7 Å². The summed E-state index contributed by atoms with van der Waals surface area (Å²) in [7, 11) is 0. The first kappa shape index (κ1) is 15.4. The van der Waals surface area contributed by atoms with Gasteiger partial charge >= 0.3 is 0 Å². The number of pyridine rings is 1. The molecule has 0 radical (unpaired) electrons. The highest BCUT2D eigenvalue weighted by atomic mass is 79.9. The summed E-state index contributed by atoms with van der Waals surface area (Å²) in [6.07, 6.45) is 7.96. The number of nitrogens with one attached hydrogen (secondary N) is 1. The Morgan fingerprint density at radius 2 is 1.87 bits per heavy atom. The van der Waals surface area contributed by atoms with Gasteiger partial charge in [0.1, 0.15) is 0 Å². The van der Waals surface area contributed by atoms with E-state index in [1.807, 2.05) is 36.4 Å². The standard InChI is InChI=1S/C17H15BrN4O/c18-14-4-1-13(2-5-14)3-6-17(23)21-15-11-20-22(12-15)16-7-9-19-10-8-16/h1-2,4-5,7-12H,3,6H2,(H,21,23). The molecular weight excluding hydrogens is 356 g/mol. The van der Waals surface area contributed by atoms with E-state index >= 15 is 0 Å². The van der Waals surface area contributed by atoms with Gasteiger partial charge in [0.05, 0.1) is 23.8 Å². The van der Waals surface area contributed by atoms with Crippen molar-refractivity contribution in [1.29, 1.82) is 0 Å². The third kappa shape index (κ3) is 4.26. The minimum absolute atomic E-state index is 0.0257. The molecule has 0 spiro atoms. The van der Waals surface area contributed by atoms with E-state index in [1.54, 1.807) is 29.5 Å². The smallest absolute Gasteiger partial charge is 0.224 e. The number of halogens is 1. The number of aryl methyl sites for hydroxylation is 1. The van der Waals surface area contributed by atoms with E-state index < -0.39 is 0 Å². The molecule has 0 aliphatic carbocycles. The lowest BCUT2D eigenvalue weighted by Crippen LogP contribution is -2.11. The molecule has 0 fully saturated rings. The molecule has 6 heteroatoms. The van der Waals surface area contributed by atoms with Gasteiger partial charge in [0, 0.05) is 23.3 Å². The van der Waals surface area contributed by atoms with E-state index in [-0.39, 0.29) is 5.91 Å². The third-order valence-corrected chi connectivity index (χ3v) is 3.88. The van der Waals surface area contributed by atoms with Crippen molar-refractivity contribution >= 4 is 27.5 Å². The maximum absolute atomic E-state index is 12.0. The predicted molar refractivity (Wildman–Crippen MR) is 92.5 cm³/mol. The molecule has 0 bridgehead atoms. The number of rotatable bonds is 5. The first-order valence-corrected chi connectivity index (χ1v) is 7.99. The molecule has 3 aromatic rings. The normalized spacial score (nSPS) is 10.5. The van der Waals surface area contributed by atoms with E-state index in [9.17, 15) is 4.79 Å². The minimum atomic E-state index is -0.0257. The minimum Gasteiger partial charge on any atom is -0.323 e. The molecule has 1 N–H and O–H groups in total. The zero-order valence-electron chi connectivity index (χ0n) is 12.3. The Hall–Kier alpha value is -2.47. The van der Waals surface area contributed by atoms with Crippen molar-refractivity contribution in [3.63, 3.8) is 0 Å². The van der Waals surface area contributed by atoms with Crippen molar-refractivity contribution in [3.8, 4) is 5.69 Å². The number of nitrogens with zero attached hydrogens (tertiary/aromatic N) is 3. The van der Waals surface area contributed by atoms with Crippen molar-refractivity contribution in [3.05, 3.63) is 71.2 Å². The van der Waals surface area contributed by atoms with Crippen LogP contribution in [-0.4, -0.2) is 20.7 Å². The van der Waals surface area contributed by atoms with Crippen LogP contribution in [0, 0.1) is 0 Å². The highest BCUT2D eigenvalue weighted by Gasteiger charge is 2.06. The summed E-state index contributed by atoms with van der Waals surface area (Å²) >= 11 is 3.40. The van der Waals surface area contributed by atoms with Gasteiger partial charge in [-0.1, -0.05) is 28.1 Å². The largest absolute Gasteiger partial charge is 0.323 e. The number of benzene rings is 1. The summed E-state index contributed by atoms with van der Waals surface area (Å²) in [6.45, 7) is 0. The Bertz CT molecular complexity index is 784. The zero-order valence-corrected chi connectivity index (χ0v) is 13.9. The quantitative estimate of drug-likeness (QED) is 0.746. The monoisotopic (exact) mass is 370 g/mol. The molecule has 0 unspecified atom stereocenters. The van der Waals surface area contributed by atoms with Gasteiger partial charge < -0.3 is 5.32 Å². The van der Waals surface area contributed by atoms with E-state index in [0.29, 0.717) is 18.5 Å². The fourth-order valence-corrected chi connectivity index (χ4v) is 2.42. The fourth-order valence-electron chi connectivity index (χ4n) is 2.16. The second-order valence-corrected chi connectivity index (χ2v) is 5.97. The Balaban J connectivity index is 1.56. The number of aromatic nitrogens is 3. The Morgan fingerprint density at radius 1 is 1.13 bits per heavy atom. The molecule has 0 aliphatic heterocycles. The van der Waals surface area contributed by atoms with Crippen LogP contribution in [0.15, 0.2) is 65.7 Å². The van der Waals surface area contributed by atoms with Crippen molar-refractivity contribution in [1.82, 2.24) is 14.8 Å². The third-order valence-electron chi connectivity index (χ3n) is 3.35. The number of hydrogen-bond acceptors (Lipinski definition) is 3. The maximum atomic E-state index is 12.0. The first-order chi connectivity index (χ1) is 11.2. The Labute approximate surface area is 142 Å². The second-order valence-electron chi connectivity index (χ2n) is 5.05. The van der Waals surface area contributed by atoms with Gasteiger partial charge in [-0.05, 0) is 36.2 Å². The highest BCUT2D eigenvalue weighted by Crippen LogP contribution is 2.13. The zero-order chi connectivity index (χ0) is 16.1. The maximum Gasteiger partial charge on any atom is 0.224 e. The number of carbonyl (C=O) groups excluding carboxylic acids is 1. The van der Waals surface area contributed by atoms with Crippen LogP contribution in [0.3, 0.4) is 0 Å². The lowest BCUT2D eigenvalue weighted by Gasteiger charge is -2.03. The van der Waals surface area contributed by atoms with Gasteiger partial charge in [-0.25, -0.2) is 4.68 Å². The van der Waals surface area contributed by atoms with Crippen LogP contribution in [0.4, 0.5) is 5.69 Å². The van der Waals surface area contributed by atoms with Crippen molar-refractivity contribution < 1.29 is 4.79 Å². The molecule has 2 heterocycles. The molecule has 116 valence electrons. The van der Waals surface area contributed by atoms with Crippen LogP contribution >= 0.6 is 15.9 Å². The highest BCUT2D eigenvalue weighted by molar-refractivity contribution is 9.10.